The second-order valence-electron chi connectivity index (χ2n) is 6.68. The molecule has 1 aromatic heterocycles. The number of phenols is 1. The third-order valence-corrected chi connectivity index (χ3v) is 7.50. The molecule has 0 atom stereocenters. The van der Waals surface area contributed by atoms with Crippen molar-refractivity contribution in [1.82, 2.24) is 0 Å². The predicted molar refractivity (Wildman–Crippen MR) is 118 cm³/mol. The second-order valence-corrected chi connectivity index (χ2v) is 9.72. The minimum Gasteiger partial charge on any atom is -0.505 e. The van der Waals surface area contributed by atoms with Crippen molar-refractivity contribution < 1.29 is 27.1 Å². The van der Waals surface area contributed by atoms with Gasteiger partial charge in [-0.25, -0.2) is 17.2 Å². The highest BCUT2D eigenvalue weighted by molar-refractivity contribution is 7.93. The zero-order valence-electron chi connectivity index (χ0n) is 16.9. The van der Waals surface area contributed by atoms with Crippen LogP contribution in [0.25, 0.3) is 10.4 Å². The van der Waals surface area contributed by atoms with Crippen LogP contribution in [0.15, 0.2) is 48.5 Å². The van der Waals surface area contributed by atoms with Gasteiger partial charge in [0.1, 0.15) is 5.82 Å². The Morgan fingerprint density at radius 1 is 1.10 bits per heavy atom. The van der Waals surface area contributed by atoms with E-state index < -0.39 is 38.8 Å². The van der Waals surface area contributed by atoms with E-state index in [2.05, 4.69) is 4.72 Å². The molecule has 5 nitrogen and oxygen atoms in total. The molecule has 1 aliphatic carbocycles. The molecule has 9 heteroatoms. The van der Waals surface area contributed by atoms with Crippen molar-refractivity contribution in [3.8, 4) is 16.2 Å². The molecular formula is C22H21F2NO4S2. The molecule has 1 fully saturated rings. The lowest BCUT2D eigenvalue weighted by molar-refractivity contribution is 0.103. The van der Waals surface area contributed by atoms with Gasteiger partial charge in [0.2, 0.25) is 15.8 Å². The lowest BCUT2D eigenvalue weighted by Gasteiger charge is -2.08. The largest absolute Gasteiger partial charge is 0.505 e. The van der Waals surface area contributed by atoms with Gasteiger partial charge in [0.05, 0.1) is 15.7 Å². The molecule has 0 radical (unpaired) electrons. The summed E-state index contributed by atoms with van der Waals surface area (Å²) in [7, 11) is -3.40. The Labute approximate surface area is 183 Å². The van der Waals surface area contributed by atoms with Crippen LogP contribution in [0.2, 0.25) is 0 Å². The molecule has 0 aliphatic heterocycles. The van der Waals surface area contributed by atoms with Gasteiger partial charge in [-0.3, -0.25) is 9.52 Å². The summed E-state index contributed by atoms with van der Waals surface area (Å²) in [5.74, 6) is -4.04. The number of benzene rings is 2. The van der Waals surface area contributed by atoms with E-state index in [0.717, 1.165) is 23.5 Å². The molecule has 1 aliphatic rings. The van der Waals surface area contributed by atoms with Crippen LogP contribution in [0.5, 0.6) is 5.75 Å². The zero-order valence-corrected chi connectivity index (χ0v) is 18.5. The molecule has 1 saturated carbocycles. The molecule has 4 rings (SSSR count). The first-order chi connectivity index (χ1) is 14.8. The van der Waals surface area contributed by atoms with Crippen molar-refractivity contribution >= 4 is 32.8 Å². The number of aromatic hydroxyl groups is 1. The van der Waals surface area contributed by atoms with E-state index in [1.165, 1.54) is 6.07 Å². The Hall–Kier alpha value is -2.78. The van der Waals surface area contributed by atoms with Crippen LogP contribution in [0, 0.1) is 11.6 Å². The Morgan fingerprint density at radius 3 is 2.48 bits per heavy atom. The number of carbonyl (C=O) groups is 1. The average molecular weight is 466 g/mol. The maximum absolute atomic E-state index is 14.0. The number of hydrogen-bond donors (Lipinski definition) is 2. The number of nitrogens with one attached hydrogen (secondary N) is 1. The molecule has 31 heavy (non-hydrogen) atoms. The Balaban J connectivity index is 0.00000132. The van der Waals surface area contributed by atoms with Gasteiger partial charge in [0.25, 0.3) is 0 Å². The van der Waals surface area contributed by atoms with Gasteiger partial charge in [-0.15, -0.1) is 11.3 Å². The number of halogens is 2. The summed E-state index contributed by atoms with van der Waals surface area (Å²) in [6, 6.07) is 11.4. The summed E-state index contributed by atoms with van der Waals surface area (Å²) in [5, 5.41) is 9.07. The third-order valence-electron chi connectivity index (χ3n) is 4.50. The van der Waals surface area contributed by atoms with Crippen LogP contribution in [-0.2, 0) is 10.0 Å². The summed E-state index contributed by atoms with van der Waals surface area (Å²) in [6.07, 6.45) is 1.29. The van der Waals surface area contributed by atoms with Gasteiger partial charge in [-0.05, 0) is 54.8 Å². The van der Waals surface area contributed by atoms with Crippen LogP contribution in [0.4, 0.5) is 14.5 Å². The van der Waals surface area contributed by atoms with Gasteiger partial charge >= 0.3 is 0 Å². The lowest BCUT2D eigenvalue weighted by Crippen LogP contribution is -2.17. The third kappa shape index (κ3) is 4.94. The number of ketones is 1. The quantitative estimate of drug-likeness (QED) is 0.467. The highest BCUT2D eigenvalue weighted by Crippen LogP contribution is 2.34. The number of rotatable bonds is 6. The number of sulfonamides is 1. The number of carbonyl (C=O) groups excluding carboxylic acids is 1. The van der Waals surface area contributed by atoms with Gasteiger partial charge in [-0.2, -0.15) is 0 Å². The molecule has 2 N–H and O–H groups in total. The molecule has 0 amide bonds. The van der Waals surface area contributed by atoms with Crippen LogP contribution in [-0.4, -0.2) is 24.6 Å². The van der Waals surface area contributed by atoms with E-state index in [4.69, 9.17) is 0 Å². The van der Waals surface area contributed by atoms with E-state index in [1.54, 1.807) is 30.3 Å². The van der Waals surface area contributed by atoms with E-state index in [-0.39, 0.29) is 10.1 Å². The monoisotopic (exact) mass is 465 g/mol. The first-order valence-electron chi connectivity index (χ1n) is 9.70. The minimum atomic E-state index is -3.40. The molecule has 164 valence electrons. The van der Waals surface area contributed by atoms with E-state index in [1.807, 2.05) is 13.8 Å². The zero-order chi connectivity index (χ0) is 22.8. The Bertz CT molecular complexity index is 1220. The van der Waals surface area contributed by atoms with Crippen LogP contribution >= 0.6 is 11.3 Å². The Kier molecular flexibility index (Phi) is 6.76. The fourth-order valence-electron chi connectivity index (χ4n) is 2.85. The summed E-state index contributed by atoms with van der Waals surface area (Å²) in [6.45, 7) is 4.00. The molecule has 0 saturated heterocycles. The smallest absolute Gasteiger partial charge is 0.235 e. The van der Waals surface area contributed by atoms with Crippen molar-refractivity contribution in [2.24, 2.45) is 0 Å². The van der Waals surface area contributed by atoms with Crippen molar-refractivity contribution in [3.63, 3.8) is 0 Å². The minimum absolute atomic E-state index is 0.0902. The molecule has 0 spiro atoms. The van der Waals surface area contributed by atoms with Crippen LogP contribution < -0.4 is 4.72 Å². The molecule has 1 heterocycles. The van der Waals surface area contributed by atoms with Gasteiger partial charge in [0.15, 0.2) is 11.6 Å². The number of anilines is 1. The highest BCUT2D eigenvalue weighted by atomic mass is 32.2. The number of hydrogen-bond acceptors (Lipinski definition) is 5. The molecular weight excluding hydrogens is 444 g/mol. The van der Waals surface area contributed by atoms with E-state index in [9.17, 15) is 27.1 Å². The summed E-state index contributed by atoms with van der Waals surface area (Å²) >= 11 is 1.02. The summed E-state index contributed by atoms with van der Waals surface area (Å²) in [5.41, 5.74) is 0.243. The second kappa shape index (κ2) is 9.15. The van der Waals surface area contributed by atoms with Gasteiger partial charge in [-0.1, -0.05) is 26.0 Å². The van der Waals surface area contributed by atoms with Crippen LogP contribution in [0.1, 0.15) is 41.9 Å². The highest BCUT2D eigenvalue weighted by Gasteiger charge is 2.35. The summed E-state index contributed by atoms with van der Waals surface area (Å²) in [4.78, 5) is 13.3. The van der Waals surface area contributed by atoms with Crippen LogP contribution in [0.3, 0.4) is 0 Å². The van der Waals surface area contributed by atoms with Gasteiger partial charge < -0.3 is 5.11 Å². The molecule has 0 unspecified atom stereocenters. The SMILES string of the molecule is CC.O=C(c1ccc(-c2cccc(NS(=O)(=O)C3CC3)c2)s1)c1c(F)ccc(O)c1F. The van der Waals surface area contributed by atoms with Crippen molar-refractivity contribution in [1.29, 1.82) is 0 Å². The maximum Gasteiger partial charge on any atom is 0.235 e. The lowest BCUT2D eigenvalue weighted by atomic mass is 10.1. The van der Waals surface area contributed by atoms with Crippen molar-refractivity contribution in [2.45, 2.75) is 31.9 Å². The first kappa shape index (κ1) is 22.9. The fraction of sp³-hybridized carbons (Fsp3) is 0.227. The molecule has 3 aromatic rings. The predicted octanol–water partition coefficient (Wildman–Crippen LogP) is 5.56. The number of phenolic OH excluding ortho intramolecular Hbond substituents is 1. The topological polar surface area (TPSA) is 83.5 Å². The van der Waals surface area contributed by atoms with Gasteiger partial charge in [0, 0.05) is 10.6 Å². The Morgan fingerprint density at radius 2 is 1.81 bits per heavy atom. The molecule has 2 aromatic carbocycles. The van der Waals surface area contributed by atoms with Crippen molar-refractivity contribution in [2.75, 3.05) is 4.72 Å². The fourth-order valence-corrected chi connectivity index (χ4v) is 5.18. The first-order valence-corrected chi connectivity index (χ1v) is 12.1. The van der Waals surface area contributed by atoms with E-state index in [0.29, 0.717) is 29.0 Å². The summed E-state index contributed by atoms with van der Waals surface area (Å²) < 4.78 is 54.7. The number of thiophene rings is 1. The molecule has 0 bridgehead atoms. The van der Waals surface area contributed by atoms with Crippen molar-refractivity contribution in [3.05, 3.63) is 70.6 Å². The average Bonchev–Trinajstić information content (AvgIpc) is 3.50. The maximum atomic E-state index is 14.0. The standard InChI is InChI=1S/C20H15F2NO4S2.C2H6/c21-14-6-7-15(24)19(22)18(14)20(25)17-9-8-16(28-17)11-2-1-3-12(10-11)23-29(26,27)13-4-5-13;1-2/h1-3,6-10,13,23-24H,4-5H2;1-2H3. The normalized spacial score (nSPS) is 13.3. The van der Waals surface area contributed by atoms with E-state index >= 15 is 0 Å².